The third kappa shape index (κ3) is 6.96. The second-order valence-electron chi connectivity index (χ2n) is 6.06. The van der Waals surface area contributed by atoms with Gasteiger partial charge in [-0.2, -0.15) is 0 Å². The lowest BCUT2D eigenvalue weighted by atomic mass is 10.1. The third-order valence-corrected chi connectivity index (χ3v) is 4.59. The molecule has 0 spiro atoms. The van der Waals surface area contributed by atoms with Crippen molar-refractivity contribution in [2.24, 2.45) is 0 Å². The summed E-state index contributed by atoms with van der Waals surface area (Å²) in [6.07, 6.45) is 3.02. The molecule has 156 valence electrons. The lowest BCUT2D eigenvalue weighted by Crippen LogP contribution is -2.07. The highest BCUT2D eigenvalue weighted by Crippen LogP contribution is 2.34. The van der Waals surface area contributed by atoms with Crippen LogP contribution in [0.5, 0.6) is 11.5 Å². The summed E-state index contributed by atoms with van der Waals surface area (Å²) >= 11 is 12.2. The molecular formula is C22H24Cl2O5. The Morgan fingerprint density at radius 1 is 1.10 bits per heavy atom. The molecule has 0 N–H and O–H groups in total. The van der Waals surface area contributed by atoms with Crippen molar-refractivity contribution in [2.75, 3.05) is 26.9 Å². The molecule has 0 heterocycles. The number of halogens is 2. The number of esters is 1. The second-order valence-corrected chi connectivity index (χ2v) is 6.90. The topological polar surface area (TPSA) is 54.0 Å². The van der Waals surface area contributed by atoms with E-state index >= 15 is 0 Å². The number of hydrogen-bond acceptors (Lipinski definition) is 5. The number of ether oxygens (including phenoxy) is 4. The zero-order chi connectivity index (χ0) is 21.2. The van der Waals surface area contributed by atoms with Gasteiger partial charge in [-0.25, -0.2) is 4.79 Å². The smallest absolute Gasteiger partial charge is 0.330 e. The van der Waals surface area contributed by atoms with Crippen LogP contribution in [0, 0.1) is 6.92 Å². The summed E-state index contributed by atoms with van der Waals surface area (Å²) in [4.78, 5) is 11.7. The maximum absolute atomic E-state index is 11.7. The van der Waals surface area contributed by atoms with E-state index in [1.807, 2.05) is 25.1 Å². The molecule has 0 saturated heterocycles. The summed E-state index contributed by atoms with van der Waals surface area (Å²) in [5, 5.41) is 1.08. The van der Waals surface area contributed by atoms with Gasteiger partial charge in [0.05, 0.1) is 13.2 Å². The van der Waals surface area contributed by atoms with Crippen molar-refractivity contribution < 1.29 is 23.7 Å². The van der Waals surface area contributed by atoms with Crippen molar-refractivity contribution in [2.45, 2.75) is 20.5 Å². The molecule has 0 amide bonds. The first kappa shape index (κ1) is 23.1. The van der Waals surface area contributed by atoms with Gasteiger partial charge in [0, 0.05) is 39.9 Å². The Morgan fingerprint density at radius 3 is 2.59 bits per heavy atom. The third-order valence-electron chi connectivity index (χ3n) is 4.00. The number of carbonyl (C=O) groups is 1. The van der Waals surface area contributed by atoms with Crippen LogP contribution in [-0.4, -0.2) is 32.9 Å². The zero-order valence-electron chi connectivity index (χ0n) is 16.7. The molecule has 0 aliphatic heterocycles. The number of benzene rings is 2. The largest absolute Gasteiger partial charge is 0.491 e. The highest BCUT2D eigenvalue weighted by molar-refractivity contribution is 6.35. The predicted molar refractivity (Wildman–Crippen MR) is 115 cm³/mol. The molecule has 0 aromatic heterocycles. The van der Waals surface area contributed by atoms with Crippen LogP contribution in [0.25, 0.3) is 6.08 Å². The van der Waals surface area contributed by atoms with Gasteiger partial charge in [-0.15, -0.1) is 0 Å². The zero-order valence-corrected chi connectivity index (χ0v) is 18.2. The summed E-state index contributed by atoms with van der Waals surface area (Å²) < 4.78 is 21.8. The van der Waals surface area contributed by atoms with Gasteiger partial charge in [-0.05, 0) is 44.2 Å². The quantitative estimate of drug-likeness (QED) is 0.279. The monoisotopic (exact) mass is 438 g/mol. The second kappa shape index (κ2) is 11.7. The van der Waals surface area contributed by atoms with Gasteiger partial charge in [0.25, 0.3) is 0 Å². The Labute approximate surface area is 181 Å². The molecule has 0 saturated carbocycles. The van der Waals surface area contributed by atoms with E-state index in [1.54, 1.807) is 32.2 Å². The van der Waals surface area contributed by atoms with Gasteiger partial charge in [0.2, 0.25) is 0 Å². The summed E-state index contributed by atoms with van der Waals surface area (Å²) in [5.41, 5.74) is 2.32. The van der Waals surface area contributed by atoms with Crippen LogP contribution in [0.1, 0.15) is 23.6 Å². The van der Waals surface area contributed by atoms with E-state index in [0.717, 1.165) is 16.7 Å². The molecule has 0 fully saturated rings. The molecule has 0 unspecified atom stereocenters. The van der Waals surface area contributed by atoms with Gasteiger partial charge < -0.3 is 18.9 Å². The van der Waals surface area contributed by atoms with Crippen LogP contribution in [0.2, 0.25) is 10.0 Å². The van der Waals surface area contributed by atoms with Gasteiger partial charge >= 0.3 is 5.97 Å². The van der Waals surface area contributed by atoms with Crippen molar-refractivity contribution in [3.63, 3.8) is 0 Å². The molecule has 0 aliphatic rings. The molecule has 2 rings (SSSR count). The van der Waals surface area contributed by atoms with E-state index in [0.29, 0.717) is 41.4 Å². The average Bonchev–Trinajstić information content (AvgIpc) is 2.68. The molecule has 0 atom stereocenters. The van der Waals surface area contributed by atoms with Crippen LogP contribution in [0.15, 0.2) is 36.4 Å². The molecule has 29 heavy (non-hydrogen) atoms. The van der Waals surface area contributed by atoms with E-state index < -0.39 is 5.97 Å². The maximum atomic E-state index is 11.7. The number of carbonyl (C=O) groups excluding carboxylic acids is 1. The molecule has 2 aromatic rings. The van der Waals surface area contributed by atoms with E-state index in [2.05, 4.69) is 0 Å². The number of rotatable bonds is 10. The normalized spacial score (nSPS) is 10.9. The van der Waals surface area contributed by atoms with Crippen molar-refractivity contribution in [1.82, 2.24) is 0 Å². The van der Waals surface area contributed by atoms with Gasteiger partial charge in [0.1, 0.15) is 24.7 Å². The summed E-state index contributed by atoms with van der Waals surface area (Å²) in [6, 6.07) is 8.89. The molecule has 7 heteroatoms. The number of hydrogen-bond donors (Lipinski definition) is 0. The van der Waals surface area contributed by atoms with E-state index in [1.165, 1.54) is 6.08 Å². The van der Waals surface area contributed by atoms with Gasteiger partial charge in [-0.1, -0.05) is 29.3 Å². The fourth-order valence-electron chi connectivity index (χ4n) is 2.55. The molecule has 0 radical (unpaired) electrons. The Balaban J connectivity index is 2.29. The Kier molecular flexibility index (Phi) is 9.32. The minimum atomic E-state index is -0.419. The average molecular weight is 439 g/mol. The van der Waals surface area contributed by atoms with Crippen LogP contribution in [0.3, 0.4) is 0 Å². The van der Waals surface area contributed by atoms with Crippen LogP contribution in [-0.2, 0) is 20.9 Å². The van der Waals surface area contributed by atoms with Crippen molar-refractivity contribution in [3.8, 4) is 11.5 Å². The fraction of sp³-hybridized carbons (Fsp3) is 0.318. The lowest BCUT2D eigenvalue weighted by molar-refractivity contribution is -0.137. The minimum Gasteiger partial charge on any atom is -0.491 e. The highest BCUT2D eigenvalue weighted by atomic mass is 35.5. The Bertz CT molecular complexity index is 865. The van der Waals surface area contributed by atoms with Crippen LogP contribution >= 0.6 is 23.2 Å². The predicted octanol–water partition coefficient (Wildman–Crippen LogP) is 5.48. The summed E-state index contributed by atoms with van der Waals surface area (Å²) in [7, 11) is 1.61. The Morgan fingerprint density at radius 2 is 1.90 bits per heavy atom. The number of methoxy groups -OCH3 is 1. The van der Waals surface area contributed by atoms with Crippen LogP contribution < -0.4 is 9.47 Å². The van der Waals surface area contributed by atoms with Crippen molar-refractivity contribution in [3.05, 3.63) is 63.1 Å². The first-order valence-corrected chi connectivity index (χ1v) is 9.88. The fourth-order valence-corrected chi connectivity index (χ4v) is 3.01. The van der Waals surface area contributed by atoms with Gasteiger partial charge in [-0.3, -0.25) is 0 Å². The van der Waals surface area contributed by atoms with E-state index in [-0.39, 0.29) is 6.61 Å². The first-order valence-electron chi connectivity index (χ1n) is 9.13. The summed E-state index contributed by atoms with van der Waals surface area (Å²) in [6.45, 7) is 5.08. The first-order chi connectivity index (χ1) is 14.0. The molecule has 0 aliphatic carbocycles. The highest BCUT2D eigenvalue weighted by Gasteiger charge is 2.13. The Hall–Kier alpha value is -2.21. The summed E-state index contributed by atoms with van der Waals surface area (Å²) in [5.74, 6) is 0.844. The molecule has 2 aromatic carbocycles. The van der Waals surface area contributed by atoms with Gasteiger partial charge in [0.15, 0.2) is 0 Å². The van der Waals surface area contributed by atoms with Crippen molar-refractivity contribution in [1.29, 1.82) is 0 Å². The molecule has 5 nitrogen and oxygen atoms in total. The SMILES string of the molecule is CCOC(=O)/C=C/c1ccc(OCCOC)c(C)c1OCc1ccc(Cl)cc1Cl. The van der Waals surface area contributed by atoms with E-state index in [4.69, 9.17) is 42.1 Å². The van der Waals surface area contributed by atoms with E-state index in [9.17, 15) is 4.79 Å². The standard InChI is InChI=1S/C22H24Cl2O5/c1-4-27-21(25)10-7-16-6-9-20(28-12-11-26-3)15(2)22(16)29-14-17-5-8-18(23)13-19(17)24/h5-10,13H,4,11-12,14H2,1-3H3/b10-7+. The minimum absolute atomic E-state index is 0.235. The lowest BCUT2D eigenvalue weighted by Gasteiger charge is -2.17. The van der Waals surface area contributed by atoms with Crippen LogP contribution in [0.4, 0.5) is 0 Å². The molecular weight excluding hydrogens is 415 g/mol. The van der Waals surface area contributed by atoms with Crippen molar-refractivity contribution >= 4 is 35.2 Å². The molecule has 0 bridgehead atoms. The maximum Gasteiger partial charge on any atom is 0.330 e.